The Morgan fingerprint density at radius 3 is 2.65 bits per heavy atom. The van der Waals surface area contributed by atoms with Crippen LogP contribution in [0.25, 0.3) is 5.65 Å². The second kappa shape index (κ2) is 9.55. The standard InChI is InChI=1S/C16H19N7O.C2HF3O2/c24-16(14-3-7-20-23(14)13-1-5-17-6-2-13)18-10-12-4-8-22-11-19-21-15(22)9-12;3-2(4,5)1(6)7/h3-4,7-9,11,13,17H,1-2,5-6,10H2,(H,18,24);(H,6,7). The number of amides is 1. The van der Waals surface area contributed by atoms with Gasteiger partial charge in [-0.25, -0.2) is 4.79 Å². The number of pyridine rings is 1. The molecule has 10 nitrogen and oxygen atoms in total. The van der Waals surface area contributed by atoms with Gasteiger partial charge in [0.25, 0.3) is 5.91 Å². The van der Waals surface area contributed by atoms with E-state index in [0.717, 1.165) is 37.1 Å². The lowest BCUT2D eigenvalue weighted by atomic mass is 10.1. The second-order valence-electron chi connectivity index (χ2n) is 6.76. The lowest BCUT2D eigenvalue weighted by Gasteiger charge is -2.24. The first-order chi connectivity index (χ1) is 14.8. The van der Waals surface area contributed by atoms with Crippen molar-refractivity contribution in [1.29, 1.82) is 0 Å². The summed E-state index contributed by atoms with van der Waals surface area (Å²) >= 11 is 0. The molecule has 0 spiro atoms. The van der Waals surface area contributed by atoms with Crippen LogP contribution in [0.15, 0.2) is 36.9 Å². The van der Waals surface area contributed by atoms with Crippen LogP contribution < -0.4 is 10.6 Å². The lowest BCUT2D eigenvalue weighted by molar-refractivity contribution is -0.192. The van der Waals surface area contributed by atoms with Gasteiger partial charge in [0.2, 0.25) is 0 Å². The monoisotopic (exact) mass is 439 g/mol. The van der Waals surface area contributed by atoms with E-state index in [4.69, 9.17) is 9.90 Å². The van der Waals surface area contributed by atoms with Crippen LogP contribution in [-0.2, 0) is 11.3 Å². The maximum Gasteiger partial charge on any atom is 0.490 e. The second-order valence-corrected chi connectivity index (χ2v) is 6.76. The summed E-state index contributed by atoms with van der Waals surface area (Å²) in [6.45, 7) is 2.37. The first-order valence-electron chi connectivity index (χ1n) is 9.36. The SMILES string of the molecule is O=C(NCc1ccn2cnnc2c1)c1ccnn1C1CCNCC1.O=C(O)C(F)(F)F. The highest BCUT2D eigenvalue weighted by molar-refractivity contribution is 5.92. The summed E-state index contributed by atoms with van der Waals surface area (Å²) in [5.41, 5.74) is 2.36. The van der Waals surface area contributed by atoms with Gasteiger partial charge in [-0.1, -0.05) is 0 Å². The van der Waals surface area contributed by atoms with Crippen LogP contribution >= 0.6 is 0 Å². The average Bonchev–Trinajstić information content (AvgIpc) is 3.41. The number of carboxylic acid groups (broad SMARTS) is 1. The Morgan fingerprint density at radius 1 is 1.26 bits per heavy atom. The highest BCUT2D eigenvalue weighted by Gasteiger charge is 2.38. The zero-order valence-electron chi connectivity index (χ0n) is 16.2. The molecule has 166 valence electrons. The van der Waals surface area contributed by atoms with Gasteiger partial charge in [0.1, 0.15) is 12.0 Å². The van der Waals surface area contributed by atoms with Crippen molar-refractivity contribution < 1.29 is 27.9 Å². The summed E-state index contributed by atoms with van der Waals surface area (Å²) in [5, 5.41) is 25.6. The molecule has 0 aliphatic carbocycles. The summed E-state index contributed by atoms with van der Waals surface area (Å²) in [6.07, 6.45) is 2.13. The number of halogens is 3. The minimum atomic E-state index is -5.08. The molecule has 31 heavy (non-hydrogen) atoms. The highest BCUT2D eigenvalue weighted by atomic mass is 19.4. The molecule has 1 amide bonds. The Labute approximate surface area is 174 Å². The Kier molecular flexibility index (Phi) is 6.84. The Hall–Kier alpha value is -3.48. The first kappa shape index (κ1) is 22.2. The molecule has 3 aromatic heterocycles. The number of alkyl halides is 3. The number of aromatic nitrogens is 5. The molecule has 0 aromatic carbocycles. The Balaban J connectivity index is 0.000000339. The summed E-state index contributed by atoms with van der Waals surface area (Å²) in [5.74, 6) is -2.86. The van der Waals surface area contributed by atoms with E-state index in [0.29, 0.717) is 12.2 Å². The maximum atomic E-state index is 12.5. The van der Waals surface area contributed by atoms with Crippen LogP contribution in [0.2, 0.25) is 0 Å². The number of aliphatic carboxylic acids is 1. The summed E-state index contributed by atoms with van der Waals surface area (Å²) in [6, 6.07) is 5.92. The molecule has 13 heteroatoms. The minimum Gasteiger partial charge on any atom is -0.475 e. The van der Waals surface area contributed by atoms with Gasteiger partial charge in [-0.15, -0.1) is 10.2 Å². The number of nitrogens with zero attached hydrogens (tertiary/aromatic N) is 5. The van der Waals surface area contributed by atoms with Gasteiger partial charge in [-0.3, -0.25) is 13.9 Å². The van der Waals surface area contributed by atoms with Gasteiger partial charge in [-0.05, 0) is 49.7 Å². The molecule has 0 radical (unpaired) electrons. The number of carboxylic acids is 1. The van der Waals surface area contributed by atoms with Gasteiger partial charge < -0.3 is 15.7 Å². The zero-order valence-corrected chi connectivity index (χ0v) is 16.2. The van der Waals surface area contributed by atoms with Crippen molar-refractivity contribution in [3.05, 3.63) is 48.2 Å². The normalized spacial score (nSPS) is 14.7. The van der Waals surface area contributed by atoms with Crippen molar-refractivity contribution in [2.24, 2.45) is 0 Å². The van der Waals surface area contributed by atoms with Crippen LogP contribution in [0.3, 0.4) is 0 Å². The van der Waals surface area contributed by atoms with E-state index in [2.05, 4.69) is 25.9 Å². The van der Waals surface area contributed by atoms with Crippen LogP contribution in [0.1, 0.15) is 34.9 Å². The number of carbonyl (C=O) groups is 2. The van der Waals surface area contributed by atoms with Crippen molar-refractivity contribution in [1.82, 2.24) is 35.0 Å². The number of nitrogens with one attached hydrogen (secondary N) is 2. The predicted molar refractivity (Wildman–Crippen MR) is 101 cm³/mol. The molecule has 1 saturated heterocycles. The molecular formula is C18H20F3N7O3. The molecule has 4 heterocycles. The van der Waals surface area contributed by atoms with Crippen molar-refractivity contribution in [2.45, 2.75) is 31.6 Å². The third kappa shape index (κ3) is 5.78. The molecule has 0 bridgehead atoms. The number of fused-ring (bicyclic) bond motifs is 1. The van der Waals surface area contributed by atoms with E-state index in [-0.39, 0.29) is 11.9 Å². The van der Waals surface area contributed by atoms with E-state index in [1.165, 1.54) is 0 Å². The molecule has 3 N–H and O–H groups in total. The van der Waals surface area contributed by atoms with Crippen molar-refractivity contribution >= 4 is 17.5 Å². The molecular weight excluding hydrogens is 419 g/mol. The first-order valence-corrected chi connectivity index (χ1v) is 9.36. The minimum absolute atomic E-state index is 0.104. The van der Waals surface area contributed by atoms with Crippen LogP contribution in [0.5, 0.6) is 0 Å². The number of carbonyl (C=O) groups excluding carboxylic acids is 1. The van der Waals surface area contributed by atoms with E-state index < -0.39 is 12.1 Å². The predicted octanol–water partition coefficient (Wildman–Crippen LogP) is 1.41. The third-order valence-corrected chi connectivity index (χ3v) is 4.62. The van der Waals surface area contributed by atoms with Crippen LogP contribution in [0.4, 0.5) is 13.2 Å². The van der Waals surface area contributed by atoms with Crippen LogP contribution in [-0.4, -0.2) is 60.6 Å². The molecule has 3 aromatic rings. The summed E-state index contributed by atoms with van der Waals surface area (Å²) in [4.78, 5) is 21.4. The quantitative estimate of drug-likeness (QED) is 0.561. The van der Waals surface area contributed by atoms with Crippen molar-refractivity contribution in [3.8, 4) is 0 Å². The molecule has 1 fully saturated rings. The van der Waals surface area contributed by atoms with Crippen molar-refractivity contribution in [3.63, 3.8) is 0 Å². The largest absolute Gasteiger partial charge is 0.490 e. The van der Waals surface area contributed by atoms with Crippen LogP contribution in [0, 0.1) is 0 Å². The molecule has 1 aliphatic rings. The van der Waals surface area contributed by atoms with E-state index in [9.17, 15) is 18.0 Å². The van der Waals surface area contributed by atoms with Crippen molar-refractivity contribution in [2.75, 3.05) is 13.1 Å². The molecule has 4 rings (SSSR count). The number of rotatable bonds is 4. The number of hydrogen-bond acceptors (Lipinski definition) is 6. The van der Waals surface area contributed by atoms with Gasteiger partial charge in [0.05, 0.1) is 6.04 Å². The average molecular weight is 439 g/mol. The van der Waals surface area contributed by atoms with E-state index in [1.54, 1.807) is 18.6 Å². The zero-order chi connectivity index (χ0) is 22.4. The summed E-state index contributed by atoms with van der Waals surface area (Å²) < 4.78 is 35.4. The van der Waals surface area contributed by atoms with Gasteiger partial charge in [0.15, 0.2) is 5.65 Å². The number of hydrogen-bond donors (Lipinski definition) is 3. The smallest absolute Gasteiger partial charge is 0.475 e. The maximum absolute atomic E-state index is 12.5. The molecule has 1 aliphatic heterocycles. The fraction of sp³-hybridized carbons (Fsp3) is 0.389. The Bertz CT molecular complexity index is 1040. The Morgan fingerprint density at radius 2 is 1.97 bits per heavy atom. The fourth-order valence-corrected chi connectivity index (χ4v) is 3.08. The van der Waals surface area contributed by atoms with E-state index >= 15 is 0 Å². The highest BCUT2D eigenvalue weighted by Crippen LogP contribution is 2.19. The molecule has 0 unspecified atom stereocenters. The topological polar surface area (TPSA) is 126 Å². The summed E-state index contributed by atoms with van der Waals surface area (Å²) in [7, 11) is 0. The van der Waals surface area contributed by atoms with Gasteiger partial charge in [0, 0.05) is 18.9 Å². The molecule has 0 atom stereocenters. The lowest BCUT2D eigenvalue weighted by Crippen LogP contribution is -2.33. The van der Waals surface area contributed by atoms with Gasteiger partial charge in [-0.2, -0.15) is 18.3 Å². The van der Waals surface area contributed by atoms with E-state index in [1.807, 2.05) is 27.4 Å². The molecule has 0 saturated carbocycles. The van der Waals surface area contributed by atoms with Gasteiger partial charge >= 0.3 is 12.1 Å². The number of piperidine rings is 1. The fourth-order valence-electron chi connectivity index (χ4n) is 3.08. The third-order valence-electron chi connectivity index (χ3n) is 4.62.